The van der Waals surface area contributed by atoms with E-state index in [2.05, 4.69) is 15.9 Å². The van der Waals surface area contributed by atoms with Gasteiger partial charge in [-0.05, 0) is 19.3 Å². The highest BCUT2D eigenvalue weighted by Gasteiger charge is 1.98. The fourth-order valence-electron chi connectivity index (χ4n) is 0.674. The monoisotopic (exact) mass is 205 g/mol. The summed E-state index contributed by atoms with van der Waals surface area (Å²) in [7, 11) is 0. The average Bonchev–Trinajstić information content (AvgIpc) is 1.98. The van der Waals surface area contributed by atoms with Crippen LogP contribution in [0.1, 0.15) is 25.7 Å². The van der Waals surface area contributed by atoms with Gasteiger partial charge in [-0.3, -0.25) is 0 Å². The van der Waals surface area contributed by atoms with Gasteiger partial charge in [0, 0.05) is 5.33 Å². The van der Waals surface area contributed by atoms with Crippen LogP contribution in [0.2, 0.25) is 0 Å². The number of unbranched alkanes of at least 4 members (excludes halogenated alkanes) is 2. The second kappa shape index (κ2) is 7.04. The zero-order valence-corrected chi connectivity index (χ0v) is 7.47. The minimum atomic E-state index is -0.754. The highest BCUT2D eigenvalue weighted by Crippen LogP contribution is 2.04. The van der Waals surface area contributed by atoms with Crippen molar-refractivity contribution in [1.29, 1.82) is 5.26 Å². The Morgan fingerprint density at radius 2 is 2.10 bits per heavy atom. The number of nitrogens with zero attached hydrogens (tertiary/aromatic N) is 1. The van der Waals surface area contributed by atoms with Crippen molar-refractivity contribution < 1.29 is 5.11 Å². The quantitative estimate of drug-likeness (QED) is 0.423. The van der Waals surface area contributed by atoms with E-state index in [1.807, 2.05) is 0 Å². The minimum absolute atomic E-state index is 0.615. The maximum atomic E-state index is 8.78. The Labute approximate surface area is 70.0 Å². The van der Waals surface area contributed by atoms with E-state index in [4.69, 9.17) is 10.4 Å². The van der Waals surface area contributed by atoms with E-state index in [1.165, 1.54) is 0 Å². The number of hydrogen-bond acceptors (Lipinski definition) is 2. The fourth-order valence-corrected chi connectivity index (χ4v) is 1.07. The molecule has 0 unspecified atom stereocenters. The maximum Gasteiger partial charge on any atom is 0.140 e. The molecule has 58 valence electrons. The predicted octanol–water partition coefficient (Wildman–Crippen LogP) is 1.83. The number of halogens is 1. The Balaban J connectivity index is 2.98. The van der Waals surface area contributed by atoms with E-state index in [0.29, 0.717) is 6.42 Å². The topological polar surface area (TPSA) is 44.0 Å². The molecule has 0 bridgehead atoms. The average molecular weight is 206 g/mol. The van der Waals surface area contributed by atoms with Crippen LogP contribution in [-0.2, 0) is 0 Å². The van der Waals surface area contributed by atoms with Crippen LogP contribution in [0, 0.1) is 11.3 Å². The van der Waals surface area contributed by atoms with Gasteiger partial charge >= 0.3 is 0 Å². The molecule has 0 saturated carbocycles. The molecule has 0 spiro atoms. The lowest BCUT2D eigenvalue weighted by Crippen LogP contribution is -2.01. The van der Waals surface area contributed by atoms with E-state index in [9.17, 15) is 0 Å². The molecule has 2 nitrogen and oxygen atoms in total. The smallest absolute Gasteiger partial charge is 0.140 e. The number of alkyl halides is 1. The first kappa shape index (κ1) is 9.93. The largest absolute Gasteiger partial charge is 0.378 e. The van der Waals surface area contributed by atoms with Gasteiger partial charge in [0.05, 0.1) is 6.07 Å². The van der Waals surface area contributed by atoms with E-state index in [0.717, 1.165) is 24.6 Å². The summed E-state index contributed by atoms with van der Waals surface area (Å²) in [6, 6.07) is 1.79. The van der Waals surface area contributed by atoms with Crippen LogP contribution in [0.15, 0.2) is 0 Å². The van der Waals surface area contributed by atoms with Gasteiger partial charge in [-0.1, -0.05) is 22.4 Å². The predicted molar refractivity (Wildman–Crippen MR) is 43.9 cm³/mol. The van der Waals surface area contributed by atoms with E-state index in [-0.39, 0.29) is 0 Å². The molecule has 0 aromatic heterocycles. The third-order valence-corrected chi connectivity index (χ3v) is 1.82. The third kappa shape index (κ3) is 6.06. The minimum Gasteiger partial charge on any atom is -0.378 e. The van der Waals surface area contributed by atoms with Crippen molar-refractivity contribution >= 4 is 15.9 Å². The van der Waals surface area contributed by atoms with Gasteiger partial charge in [0.15, 0.2) is 0 Å². The number of aliphatic hydroxyl groups excluding tert-OH is 1. The summed E-state index contributed by atoms with van der Waals surface area (Å²) in [5.74, 6) is 0. The molecule has 0 radical (unpaired) electrons. The highest BCUT2D eigenvalue weighted by atomic mass is 79.9. The Hall–Kier alpha value is -0.0700. The number of rotatable bonds is 5. The Morgan fingerprint density at radius 3 is 2.60 bits per heavy atom. The molecule has 0 aromatic carbocycles. The molecule has 3 heteroatoms. The molecule has 0 heterocycles. The Kier molecular flexibility index (Phi) is 6.99. The zero-order valence-electron chi connectivity index (χ0n) is 5.89. The van der Waals surface area contributed by atoms with Crippen molar-refractivity contribution in [1.82, 2.24) is 0 Å². The molecule has 1 N–H and O–H groups in total. The molecule has 0 fully saturated rings. The number of nitriles is 1. The molecule has 10 heavy (non-hydrogen) atoms. The summed E-state index contributed by atoms with van der Waals surface area (Å²) in [4.78, 5) is 0. The van der Waals surface area contributed by atoms with Gasteiger partial charge in [-0.2, -0.15) is 5.26 Å². The van der Waals surface area contributed by atoms with Crippen LogP contribution in [0.4, 0.5) is 0 Å². The molecule has 0 saturated heterocycles. The summed E-state index contributed by atoms with van der Waals surface area (Å²) in [5.41, 5.74) is 0. The van der Waals surface area contributed by atoms with E-state index >= 15 is 0 Å². The first-order valence-corrected chi connectivity index (χ1v) is 4.57. The first-order chi connectivity index (χ1) is 4.81. The maximum absolute atomic E-state index is 8.78. The lowest BCUT2D eigenvalue weighted by Gasteiger charge is -1.98. The van der Waals surface area contributed by atoms with Gasteiger partial charge in [0.25, 0.3) is 0 Å². The van der Waals surface area contributed by atoms with Crippen LogP contribution in [0.25, 0.3) is 0 Å². The van der Waals surface area contributed by atoms with Crippen LogP contribution in [0.3, 0.4) is 0 Å². The summed E-state index contributed by atoms with van der Waals surface area (Å²) >= 11 is 3.31. The van der Waals surface area contributed by atoms with Gasteiger partial charge in [0.2, 0.25) is 0 Å². The summed E-state index contributed by atoms with van der Waals surface area (Å²) < 4.78 is 0. The molecule has 0 aliphatic rings. The Morgan fingerprint density at radius 1 is 1.40 bits per heavy atom. The van der Waals surface area contributed by atoms with E-state index < -0.39 is 6.10 Å². The molecule has 0 rings (SSSR count). The molecular formula is C7H12BrNO. The van der Waals surface area contributed by atoms with Crippen LogP contribution < -0.4 is 0 Å². The van der Waals surface area contributed by atoms with Crippen molar-refractivity contribution in [3.8, 4) is 6.07 Å². The highest BCUT2D eigenvalue weighted by molar-refractivity contribution is 9.09. The molecule has 1 atom stereocenters. The summed E-state index contributed by atoms with van der Waals surface area (Å²) in [6.45, 7) is 0. The number of hydrogen-bond donors (Lipinski definition) is 1. The van der Waals surface area contributed by atoms with Crippen molar-refractivity contribution in [3.63, 3.8) is 0 Å². The first-order valence-electron chi connectivity index (χ1n) is 3.45. The van der Waals surface area contributed by atoms with Gasteiger partial charge < -0.3 is 5.11 Å². The summed E-state index contributed by atoms with van der Waals surface area (Å²) in [6.07, 6.45) is 3.02. The van der Waals surface area contributed by atoms with Gasteiger partial charge in [-0.15, -0.1) is 0 Å². The van der Waals surface area contributed by atoms with Crippen molar-refractivity contribution in [2.45, 2.75) is 31.8 Å². The SMILES string of the molecule is N#C[C@@H](O)CCCCCBr. The Bertz CT molecular complexity index is 111. The molecule has 0 aromatic rings. The normalized spacial score (nSPS) is 12.5. The van der Waals surface area contributed by atoms with Crippen LogP contribution in [0.5, 0.6) is 0 Å². The third-order valence-electron chi connectivity index (χ3n) is 1.26. The number of aliphatic hydroxyl groups is 1. The van der Waals surface area contributed by atoms with Crippen molar-refractivity contribution in [3.05, 3.63) is 0 Å². The van der Waals surface area contributed by atoms with Gasteiger partial charge in [0.1, 0.15) is 6.10 Å². The molecule has 0 aliphatic heterocycles. The molecule has 0 amide bonds. The van der Waals surface area contributed by atoms with Gasteiger partial charge in [-0.25, -0.2) is 0 Å². The molecular weight excluding hydrogens is 194 g/mol. The fraction of sp³-hybridized carbons (Fsp3) is 0.857. The summed E-state index contributed by atoms with van der Waals surface area (Å²) in [5, 5.41) is 18.0. The lowest BCUT2D eigenvalue weighted by molar-refractivity contribution is 0.215. The standard InChI is InChI=1S/C7H12BrNO/c8-5-3-1-2-4-7(10)6-9/h7,10H,1-5H2/t7-/m0/s1. The van der Waals surface area contributed by atoms with Crippen molar-refractivity contribution in [2.75, 3.05) is 5.33 Å². The zero-order chi connectivity index (χ0) is 7.82. The lowest BCUT2D eigenvalue weighted by atomic mass is 10.1. The van der Waals surface area contributed by atoms with Crippen LogP contribution in [-0.4, -0.2) is 16.5 Å². The second-order valence-electron chi connectivity index (χ2n) is 2.18. The van der Waals surface area contributed by atoms with E-state index in [1.54, 1.807) is 6.07 Å². The van der Waals surface area contributed by atoms with Crippen LogP contribution >= 0.6 is 15.9 Å². The molecule has 0 aliphatic carbocycles. The second-order valence-corrected chi connectivity index (χ2v) is 2.98. The van der Waals surface area contributed by atoms with Crippen molar-refractivity contribution in [2.24, 2.45) is 0 Å².